The monoisotopic (exact) mass is 222 g/mol. The summed E-state index contributed by atoms with van der Waals surface area (Å²) < 4.78 is 15.5. The molecular weight excluding hydrogens is 211 g/mol. The Kier molecular flexibility index (Phi) is 5.26. The van der Waals surface area contributed by atoms with Gasteiger partial charge in [0.1, 0.15) is 0 Å². The Morgan fingerprint density at radius 2 is 1.92 bits per heavy atom. The second kappa shape index (κ2) is 5.40. The molecule has 1 N–H and O–H groups in total. The molecule has 0 aromatic heterocycles. The Morgan fingerprint density at radius 1 is 1.38 bits per heavy atom. The fraction of sp³-hybridized carbons (Fsp3) is 0.250. The largest absolute Gasteiger partial charge is 0.332 e. The van der Waals surface area contributed by atoms with Crippen molar-refractivity contribution in [1.82, 2.24) is 0 Å². The van der Waals surface area contributed by atoms with E-state index in [4.69, 9.17) is 4.89 Å². The van der Waals surface area contributed by atoms with E-state index in [-0.39, 0.29) is 18.6 Å². The van der Waals surface area contributed by atoms with Crippen molar-refractivity contribution in [2.45, 2.75) is 6.16 Å². The summed E-state index contributed by atoms with van der Waals surface area (Å²) in [5.74, 6) is 0. The van der Waals surface area contributed by atoms with Crippen molar-refractivity contribution >= 4 is 20.0 Å². The minimum atomic E-state index is -3.40. The molecule has 74 valence electrons. The van der Waals surface area contributed by atoms with Crippen LogP contribution in [-0.2, 0) is 15.3 Å². The molecule has 5 heteroatoms. The lowest BCUT2D eigenvalue weighted by molar-refractivity contribution is 0.314. The molecule has 0 aliphatic carbocycles. The van der Waals surface area contributed by atoms with Crippen molar-refractivity contribution in [1.29, 1.82) is 0 Å². The van der Waals surface area contributed by atoms with E-state index in [1.54, 1.807) is 12.1 Å². The zero-order chi connectivity index (χ0) is 9.03. The third-order valence-electron chi connectivity index (χ3n) is 1.51. The molecule has 1 unspecified atom stereocenters. The number of hydrogen-bond donors (Lipinski definition) is 1. The summed E-state index contributed by atoms with van der Waals surface area (Å²) in [4.78, 5) is 9.11. The van der Waals surface area contributed by atoms with E-state index in [1.807, 2.05) is 18.2 Å². The number of hydrogen-bond acceptors (Lipinski definition) is 2. The summed E-state index contributed by atoms with van der Waals surface area (Å²) in [6.07, 6.45) is 0.0737. The van der Waals surface area contributed by atoms with Gasteiger partial charge in [0.15, 0.2) is 0 Å². The predicted octanol–water partition coefficient (Wildman–Crippen LogP) is 2.44. The van der Waals surface area contributed by atoms with Gasteiger partial charge in [-0.15, -0.1) is 12.4 Å². The van der Waals surface area contributed by atoms with E-state index in [0.717, 1.165) is 5.56 Å². The molecular formula is C8H12ClO3P. The summed E-state index contributed by atoms with van der Waals surface area (Å²) in [5.41, 5.74) is 0.810. The second-order valence-corrected chi connectivity index (χ2v) is 4.42. The van der Waals surface area contributed by atoms with Crippen LogP contribution in [-0.4, -0.2) is 12.0 Å². The molecule has 0 bridgehead atoms. The molecule has 0 spiro atoms. The minimum Gasteiger partial charge on any atom is -0.324 e. The molecule has 0 radical (unpaired) electrons. The maximum atomic E-state index is 11.1. The van der Waals surface area contributed by atoms with Crippen LogP contribution in [0.4, 0.5) is 0 Å². The van der Waals surface area contributed by atoms with E-state index in [1.165, 1.54) is 7.11 Å². The molecule has 0 fully saturated rings. The van der Waals surface area contributed by atoms with Crippen molar-refractivity contribution in [3.05, 3.63) is 35.9 Å². The lowest BCUT2D eigenvalue weighted by Crippen LogP contribution is -1.88. The van der Waals surface area contributed by atoms with Gasteiger partial charge < -0.3 is 9.42 Å². The molecule has 13 heavy (non-hydrogen) atoms. The molecule has 0 heterocycles. The summed E-state index contributed by atoms with van der Waals surface area (Å²) in [6.45, 7) is 0. The topological polar surface area (TPSA) is 46.5 Å². The van der Waals surface area contributed by atoms with Crippen LogP contribution in [0.2, 0.25) is 0 Å². The average Bonchev–Trinajstić information content (AvgIpc) is 2.06. The minimum absolute atomic E-state index is 0. The predicted molar refractivity (Wildman–Crippen MR) is 54.2 cm³/mol. The van der Waals surface area contributed by atoms with Crippen molar-refractivity contribution in [3.8, 4) is 0 Å². The first-order valence-corrected chi connectivity index (χ1v) is 5.32. The Balaban J connectivity index is 0.00000144. The van der Waals surface area contributed by atoms with Crippen molar-refractivity contribution < 1.29 is 14.0 Å². The van der Waals surface area contributed by atoms with Gasteiger partial charge >= 0.3 is 7.60 Å². The van der Waals surface area contributed by atoms with E-state index < -0.39 is 7.60 Å². The van der Waals surface area contributed by atoms with Crippen LogP contribution in [0.25, 0.3) is 0 Å². The molecule has 0 aliphatic rings. The molecule has 0 saturated carbocycles. The highest BCUT2D eigenvalue weighted by Gasteiger charge is 2.16. The molecule has 1 atom stereocenters. The van der Waals surface area contributed by atoms with Gasteiger partial charge in [-0.05, 0) is 5.56 Å². The van der Waals surface area contributed by atoms with Crippen LogP contribution in [0.15, 0.2) is 30.3 Å². The fourth-order valence-corrected chi connectivity index (χ4v) is 1.68. The fourth-order valence-electron chi connectivity index (χ4n) is 0.879. The molecule has 1 aromatic carbocycles. The Bertz CT molecular complexity index is 289. The highest BCUT2D eigenvalue weighted by Crippen LogP contribution is 2.44. The van der Waals surface area contributed by atoms with Crippen LogP contribution in [0.5, 0.6) is 0 Å². The SMILES string of the molecule is COP(=O)(O)Cc1ccccc1.Cl. The quantitative estimate of drug-likeness (QED) is 0.799. The maximum Gasteiger partial charge on any atom is 0.332 e. The van der Waals surface area contributed by atoms with Crippen molar-refractivity contribution in [3.63, 3.8) is 0 Å². The number of benzene rings is 1. The average molecular weight is 223 g/mol. The van der Waals surface area contributed by atoms with Gasteiger partial charge in [-0.2, -0.15) is 0 Å². The van der Waals surface area contributed by atoms with Gasteiger partial charge in [0, 0.05) is 7.11 Å². The zero-order valence-corrected chi connectivity index (χ0v) is 8.92. The van der Waals surface area contributed by atoms with Gasteiger partial charge in [0.05, 0.1) is 6.16 Å². The number of rotatable bonds is 3. The number of halogens is 1. The first kappa shape index (κ1) is 12.7. The Labute approximate surface area is 83.7 Å². The summed E-state index contributed by atoms with van der Waals surface area (Å²) in [5, 5.41) is 0. The maximum absolute atomic E-state index is 11.1. The summed E-state index contributed by atoms with van der Waals surface area (Å²) in [7, 11) is -2.16. The Morgan fingerprint density at radius 3 is 2.38 bits per heavy atom. The van der Waals surface area contributed by atoms with Crippen LogP contribution < -0.4 is 0 Å². The zero-order valence-electron chi connectivity index (χ0n) is 7.21. The summed E-state index contributed by atoms with van der Waals surface area (Å²) in [6, 6.07) is 9.10. The third kappa shape index (κ3) is 4.44. The van der Waals surface area contributed by atoms with E-state index in [9.17, 15) is 4.57 Å². The Hall–Kier alpha value is -0.340. The van der Waals surface area contributed by atoms with E-state index in [2.05, 4.69) is 4.52 Å². The lowest BCUT2D eigenvalue weighted by Gasteiger charge is -2.07. The van der Waals surface area contributed by atoms with Gasteiger partial charge in [-0.1, -0.05) is 30.3 Å². The first-order chi connectivity index (χ1) is 5.64. The highest BCUT2D eigenvalue weighted by molar-refractivity contribution is 7.51. The molecule has 1 rings (SSSR count). The van der Waals surface area contributed by atoms with Crippen LogP contribution in [0.1, 0.15) is 5.56 Å². The van der Waals surface area contributed by atoms with Crippen molar-refractivity contribution in [2.24, 2.45) is 0 Å². The second-order valence-electron chi connectivity index (χ2n) is 2.46. The highest BCUT2D eigenvalue weighted by atomic mass is 35.5. The van der Waals surface area contributed by atoms with Gasteiger partial charge in [0.25, 0.3) is 0 Å². The van der Waals surface area contributed by atoms with Crippen LogP contribution in [0, 0.1) is 0 Å². The van der Waals surface area contributed by atoms with Gasteiger partial charge in [0.2, 0.25) is 0 Å². The van der Waals surface area contributed by atoms with Gasteiger partial charge in [-0.3, -0.25) is 4.57 Å². The first-order valence-electron chi connectivity index (χ1n) is 3.55. The third-order valence-corrected chi connectivity index (χ3v) is 2.85. The van der Waals surface area contributed by atoms with Crippen LogP contribution in [0.3, 0.4) is 0 Å². The smallest absolute Gasteiger partial charge is 0.324 e. The molecule has 3 nitrogen and oxygen atoms in total. The van der Waals surface area contributed by atoms with Gasteiger partial charge in [-0.25, -0.2) is 0 Å². The van der Waals surface area contributed by atoms with E-state index >= 15 is 0 Å². The molecule has 0 aliphatic heterocycles. The van der Waals surface area contributed by atoms with Crippen LogP contribution >= 0.6 is 20.0 Å². The summed E-state index contributed by atoms with van der Waals surface area (Å²) >= 11 is 0. The normalized spacial score (nSPS) is 14.3. The molecule has 0 saturated heterocycles. The van der Waals surface area contributed by atoms with E-state index in [0.29, 0.717) is 0 Å². The molecule has 1 aromatic rings. The lowest BCUT2D eigenvalue weighted by atomic mass is 10.2. The standard InChI is InChI=1S/C8H11O3P.ClH/c1-11-12(9,10)7-8-5-3-2-4-6-8;/h2-6H,7H2,1H3,(H,9,10);1H. The molecule has 0 amide bonds. The van der Waals surface area contributed by atoms with Crippen molar-refractivity contribution in [2.75, 3.05) is 7.11 Å².